The van der Waals surface area contributed by atoms with Gasteiger partial charge >= 0.3 is 5.97 Å². The van der Waals surface area contributed by atoms with Crippen LogP contribution in [0, 0.1) is 45.3 Å². The molecule has 0 radical (unpaired) electrons. The number of fused-ring (bicyclic) bond motifs is 5. The summed E-state index contributed by atoms with van der Waals surface area (Å²) in [4.78, 5) is 11.4. The van der Waals surface area contributed by atoms with Crippen molar-refractivity contribution in [3.05, 3.63) is 0 Å². The molecule has 7 rings (SSSR count). The summed E-state index contributed by atoms with van der Waals surface area (Å²) in [5.74, 6) is 0.137. The van der Waals surface area contributed by atoms with Crippen molar-refractivity contribution >= 4 is 5.97 Å². The molecule has 3 aliphatic heterocycles. The van der Waals surface area contributed by atoms with E-state index in [1.807, 2.05) is 13.8 Å². The van der Waals surface area contributed by atoms with E-state index in [9.17, 15) is 35.4 Å². The molecule has 0 bridgehead atoms. The highest BCUT2D eigenvalue weighted by Gasteiger charge is 2.73. The third kappa shape index (κ3) is 6.73. The molecule has 0 amide bonds. The Labute approximate surface area is 333 Å². The van der Waals surface area contributed by atoms with Crippen LogP contribution in [-0.2, 0) is 33.2 Å². The number of esters is 1. The predicted octanol–water partition coefficient (Wildman–Crippen LogP) is 3.60. The summed E-state index contributed by atoms with van der Waals surface area (Å²) in [5.41, 5.74) is -2.16. The number of hydrogen-bond donors (Lipinski definition) is 6. The van der Waals surface area contributed by atoms with Crippen LogP contribution in [0.4, 0.5) is 0 Å². The fourth-order valence-electron chi connectivity index (χ4n) is 14.0. The maximum Gasteiger partial charge on any atom is 0.302 e. The van der Waals surface area contributed by atoms with Crippen LogP contribution in [0.5, 0.6) is 0 Å². The summed E-state index contributed by atoms with van der Waals surface area (Å²) < 4.78 is 37.6. The zero-order chi connectivity index (χ0) is 41.1. The maximum atomic E-state index is 11.4. The molecule has 56 heavy (non-hydrogen) atoms. The van der Waals surface area contributed by atoms with Gasteiger partial charge in [0.15, 0.2) is 12.6 Å². The lowest BCUT2D eigenvalue weighted by atomic mass is 9.35. The Morgan fingerprint density at radius 3 is 2.04 bits per heavy atom. The second-order valence-electron chi connectivity index (χ2n) is 21.2. The van der Waals surface area contributed by atoms with Gasteiger partial charge < -0.3 is 59.1 Å². The summed E-state index contributed by atoms with van der Waals surface area (Å²) in [7, 11) is 0. The van der Waals surface area contributed by atoms with Crippen molar-refractivity contribution in [1.82, 2.24) is 0 Å². The monoisotopic (exact) mass is 796 g/mol. The van der Waals surface area contributed by atoms with E-state index in [4.69, 9.17) is 28.4 Å². The van der Waals surface area contributed by atoms with E-state index in [1.165, 1.54) is 6.92 Å². The second-order valence-corrected chi connectivity index (χ2v) is 21.2. The van der Waals surface area contributed by atoms with Crippen molar-refractivity contribution in [1.29, 1.82) is 0 Å². The van der Waals surface area contributed by atoms with Gasteiger partial charge in [0.1, 0.15) is 43.2 Å². The molecule has 13 nitrogen and oxygen atoms in total. The van der Waals surface area contributed by atoms with Crippen molar-refractivity contribution in [2.75, 3.05) is 6.61 Å². The van der Waals surface area contributed by atoms with E-state index in [-0.39, 0.29) is 70.3 Å². The highest BCUT2D eigenvalue weighted by atomic mass is 16.7. The van der Waals surface area contributed by atoms with Crippen molar-refractivity contribution in [3.63, 3.8) is 0 Å². The first kappa shape index (κ1) is 43.1. The zero-order valence-electron chi connectivity index (χ0n) is 35.3. The first-order valence-electron chi connectivity index (χ1n) is 21.4. The van der Waals surface area contributed by atoms with Gasteiger partial charge in [0.2, 0.25) is 0 Å². The number of hydrogen-bond acceptors (Lipinski definition) is 13. The zero-order valence-corrected chi connectivity index (χ0v) is 35.3. The summed E-state index contributed by atoms with van der Waals surface area (Å²) in [6.45, 7) is 20.5. The standard InChI is InChI=1S/C43H72O13/c1-21-31(45)33(47)35(49)36(52-21)53-24-19-27-40(7)15-13-28(55-37-34(48)32(46)25(54-37)20-51-22(2)44)38(3,4)26(40)12-17-41(27,8)42(9)16-11-23(30(24)42)43(10)18-14-29(56-43)39(5,6)50/h21,23-37,45-50H,11-20H2,1-10H3/t21-,23-,24+,25-,26-,27+,28-,29+,30-,31-,32-,33+,34+,35+,36-,37-,40-,41+,42+,43-/m0/s1. The Bertz CT molecular complexity index is 1450. The van der Waals surface area contributed by atoms with Crippen LogP contribution in [0.3, 0.4) is 0 Å². The fraction of sp³-hybridized carbons (Fsp3) is 0.977. The molecule has 0 aromatic carbocycles. The van der Waals surface area contributed by atoms with Crippen molar-refractivity contribution in [3.8, 4) is 0 Å². The molecule has 20 atom stereocenters. The first-order valence-corrected chi connectivity index (χ1v) is 21.4. The number of aliphatic hydroxyl groups excluding tert-OH is 5. The summed E-state index contributed by atoms with van der Waals surface area (Å²) in [5, 5.41) is 65.3. The first-order chi connectivity index (χ1) is 25.9. The van der Waals surface area contributed by atoms with Gasteiger partial charge in [-0.1, -0.05) is 34.6 Å². The Kier molecular flexibility index (Phi) is 11.2. The summed E-state index contributed by atoms with van der Waals surface area (Å²) in [6.07, 6.45) is -3.42. The van der Waals surface area contributed by atoms with Crippen molar-refractivity contribution in [2.45, 2.75) is 212 Å². The number of carbonyl (C=O) groups is 1. The molecule has 7 aliphatic rings. The van der Waals surface area contributed by atoms with Gasteiger partial charge in [-0.05, 0) is 131 Å². The lowest BCUT2D eigenvalue weighted by Crippen LogP contribution is -2.68. The van der Waals surface area contributed by atoms with Gasteiger partial charge in [-0.2, -0.15) is 0 Å². The van der Waals surface area contributed by atoms with Crippen LogP contribution in [-0.4, -0.2) is 128 Å². The van der Waals surface area contributed by atoms with Crippen LogP contribution in [0.2, 0.25) is 0 Å². The van der Waals surface area contributed by atoms with Crippen LogP contribution in [0.1, 0.15) is 127 Å². The molecule has 3 saturated heterocycles. The molecule has 3 heterocycles. The third-order valence-corrected chi connectivity index (χ3v) is 17.4. The van der Waals surface area contributed by atoms with Crippen LogP contribution < -0.4 is 0 Å². The Balaban J connectivity index is 1.19. The highest BCUT2D eigenvalue weighted by Crippen LogP contribution is 2.76. The summed E-state index contributed by atoms with van der Waals surface area (Å²) >= 11 is 0. The average Bonchev–Trinajstić information content (AvgIpc) is 3.78. The largest absolute Gasteiger partial charge is 0.463 e. The molecular weight excluding hydrogens is 724 g/mol. The van der Waals surface area contributed by atoms with E-state index < -0.39 is 72.5 Å². The maximum absolute atomic E-state index is 11.4. The van der Waals surface area contributed by atoms with Gasteiger partial charge in [-0.3, -0.25) is 4.79 Å². The molecular formula is C43H72O13. The fourth-order valence-corrected chi connectivity index (χ4v) is 14.0. The van der Waals surface area contributed by atoms with Gasteiger partial charge in [-0.25, -0.2) is 0 Å². The highest BCUT2D eigenvalue weighted by molar-refractivity contribution is 5.65. The minimum atomic E-state index is -1.42. The predicted molar refractivity (Wildman–Crippen MR) is 203 cm³/mol. The van der Waals surface area contributed by atoms with Gasteiger partial charge in [0, 0.05) is 6.92 Å². The van der Waals surface area contributed by atoms with Crippen LogP contribution in [0.15, 0.2) is 0 Å². The van der Waals surface area contributed by atoms with E-state index in [1.54, 1.807) is 6.92 Å². The number of rotatable bonds is 8. The summed E-state index contributed by atoms with van der Waals surface area (Å²) in [6, 6.07) is 0. The van der Waals surface area contributed by atoms with Crippen LogP contribution in [0.25, 0.3) is 0 Å². The van der Waals surface area contributed by atoms with E-state index in [0.29, 0.717) is 6.42 Å². The van der Waals surface area contributed by atoms with Crippen molar-refractivity contribution in [2.24, 2.45) is 45.3 Å². The molecule has 6 N–H and O–H groups in total. The molecule has 0 unspecified atom stereocenters. The van der Waals surface area contributed by atoms with Gasteiger partial charge in [0.05, 0.1) is 35.6 Å². The second kappa shape index (κ2) is 14.6. The van der Waals surface area contributed by atoms with Gasteiger partial charge in [-0.15, -0.1) is 0 Å². The smallest absolute Gasteiger partial charge is 0.302 e. The minimum Gasteiger partial charge on any atom is -0.463 e. The molecule has 4 aliphatic carbocycles. The lowest BCUT2D eigenvalue weighted by Gasteiger charge is -2.71. The third-order valence-electron chi connectivity index (χ3n) is 17.4. The molecule has 0 aromatic rings. The molecule has 322 valence electrons. The van der Waals surface area contributed by atoms with E-state index in [2.05, 4.69) is 41.5 Å². The van der Waals surface area contributed by atoms with Gasteiger partial charge in [0.25, 0.3) is 0 Å². The van der Waals surface area contributed by atoms with E-state index >= 15 is 0 Å². The van der Waals surface area contributed by atoms with Crippen LogP contribution >= 0.6 is 0 Å². The Morgan fingerprint density at radius 1 is 0.750 bits per heavy atom. The number of ether oxygens (including phenoxy) is 6. The minimum absolute atomic E-state index is 0.0459. The van der Waals surface area contributed by atoms with Crippen molar-refractivity contribution < 1.29 is 63.9 Å². The average molecular weight is 797 g/mol. The Morgan fingerprint density at radius 2 is 1.39 bits per heavy atom. The molecule has 13 heteroatoms. The quantitative estimate of drug-likeness (QED) is 0.154. The Hall–Kier alpha value is -0.970. The molecule has 0 spiro atoms. The lowest BCUT2D eigenvalue weighted by molar-refractivity contribution is -0.332. The topological polar surface area (TPSA) is 194 Å². The number of aliphatic hydroxyl groups is 6. The molecule has 4 saturated carbocycles. The molecule has 7 fully saturated rings. The number of carbonyl (C=O) groups excluding carboxylic acids is 1. The SMILES string of the molecule is CC(=O)OC[C@@H]1O[C@@H](O[C@H]2CC[C@]3(C)[C@H]4C[C@@H](O[C@@H]5O[C@@H](C)[C@H](O)[C@@H](O)[C@H]5O)[C@@H]5[C@@H]([C@]6(C)CC[C@H](C(C)(C)O)O6)CC[C@@]5(C)[C@]4(C)CC[C@H]3C2(C)C)[C@H](O)[C@H]1O. The normalized spacial score (nSPS) is 54.3. The van der Waals surface area contributed by atoms with E-state index in [0.717, 1.165) is 51.4 Å². The molecule has 0 aromatic heterocycles.